The minimum atomic E-state index is 0. The highest BCUT2D eigenvalue weighted by molar-refractivity contribution is 4.45. The average Bonchev–Trinajstić information content (AvgIpc) is 1.69. The third-order valence-electron chi connectivity index (χ3n) is 0.642. The van der Waals surface area contributed by atoms with Crippen LogP contribution in [0.2, 0.25) is 0 Å². The van der Waals surface area contributed by atoms with Crippen molar-refractivity contribution in [3.8, 4) is 0 Å². The van der Waals surface area contributed by atoms with Gasteiger partial charge in [-0.2, -0.15) is 0 Å². The number of rotatable bonds is 4. The summed E-state index contributed by atoms with van der Waals surface area (Å²) in [6, 6.07) is 0. The number of nitrogens with one attached hydrogen (secondary N) is 1. The molecule has 0 heterocycles. The van der Waals surface area contributed by atoms with E-state index < -0.39 is 0 Å². The van der Waals surface area contributed by atoms with Gasteiger partial charge in [-0.3, -0.25) is 0 Å². The van der Waals surface area contributed by atoms with Crippen molar-refractivity contribution in [3.05, 3.63) is 0 Å². The van der Waals surface area contributed by atoms with Crippen LogP contribution >= 0.6 is 0 Å². The second-order valence-electron chi connectivity index (χ2n) is 1.33. The molecule has 0 aromatic carbocycles. The van der Waals surface area contributed by atoms with Gasteiger partial charge in [0.15, 0.2) is 0 Å². The molecule has 7 N–H and O–H groups in total. The highest BCUT2D eigenvalue weighted by atomic mass is 16.0. The molecule has 0 unspecified atom stereocenters. The fraction of sp³-hybridized carbons (Fsp3) is 1.00. The van der Waals surface area contributed by atoms with Gasteiger partial charge in [-0.05, 0) is 0 Å². The fourth-order valence-corrected chi connectivity index (χ4v) is 0.329. The summed E-state index contributed by atoms with van der Waals surface area (Å²) < 4.78 is 0. The Hall–Kier alpha value is -0.160. The first-order chi connectivity index (χ1) is 3.41. The summed E-state index contributed by atoms with van der Waals surface area (Å²) in [5, 5.41) is 3.03. The van der Waals surface area contributed by atoms with Crippen molar-refractivity contribution in [2.45, 2.75) is 0 Å². The zero-order chi connectivity index (χ0) is 5.54. The Balaban J connectivity index is 0. The first-order valence-corrected chi connectivity index (χ1v) is 2.52. The van der Waals surface area contributed by atoms with Gasteiger partial charge in [-0.15, -0.1) is 0 Å². The molecule has 4 heteroatoms. The Bertz CT molecular complexity index is 30.5. The van der Waals surface area contributed by atoms with Crippen molar-refractivity contribution in [2.24, 2.45) is 11.5 Å². The standard InChI is InChI=1S/C4H13N3.H2O/c5-1-3-7-4-2-6;/h7H,1-6H2;1H2. The highest BCUT2D eigenvalue weighted by Gasteiger charge is 1.76. The van der Waals surface area contributed by atoms with Crippen LogP contribution in [0.5, 0.6) is 0 Å². The van der Waals surface area contributed by atoms with Gasteiger partial charge in [-0.25, -0.2) is 0 Å². The van der Waals surface area contributed by atoms with Crippen LogP contribution in [-0.4, -0.2) is 31.7 Å². The van der Waals surface area contributed by atoms with Crippen molar-refractivity contribution in [1.29, 1.82) is 0 Å². The first kappa shape index (κ1) is 10.8. The lowest BCUT2D eigenvalue weighted by molar-refractivity contribution is 0.696. The Kier molecular flexibility index (Phi) is 13.4. The highest BCUT2D eigenvalue weighted by Crippen LogP contribution is 1.49. The van der Waals surface area contributed by atoms with Crippen LogP contribution in [0.1, 0.15) is 0 Å². The quantitative estimate of drug-likeness (QED) is 0.364. The van der Waals surface area contributed by atoms with E-state index in [2.05, 4.69) is 5.32 Å². The zero-order valence-electron chi connectivity index (χ0n) is 4.98. The SMILES string of the molecule is NCCNCCN.O. The molecule has 0 spiro atoms. The molecular weight excluding hydrogens is 106 g/mol. The molecular formula is C4H15N3O. The van der Waals surface area contributed by atoms with E-state index in [4.69, 9.17) is 11.5 Å². The van der Waals surface area contributed by atoms with Crippen molar-refractivity contribution in [1.82, 2.24) is 5.32 Å². The van der Waals surface area contributed by atoms with Crippen molar-refractivity contribution in [3.63, 3.8) is 0 Å². The first-order valence-electron chi connectivity index (χ1n) is 2.52. The molecule has 0 aliphatic rings. The molecule has 0 radical (unpaired) electrons. The summed E-state index contributed by atoms with van der Waals surface area (Å²) in [5.74, 6) is 0. The van der Waals surface area contributed by atoms with E-state index in [1.165, 1.54) is 0 Å². The van der Waals surface area contributed by atoms with Gasteiger partial charge in [-0.1, -0.05) is 0 Å². The summed E-state index contributed by atoms with van der Waals surface area (Å²) in [4.78, 5) is 0. The van der Waals surface area contributed by atoms with Gasteiger partial charge in [0.25, 0.3) is 0 Å². The average molecular weight is 121 g/mol. The molecule has 0 atom stereocenters. The molecule has 52 valence electrons. The summed E-state index contributed by atoms with van der Waals surface area (Å²) in [6.07, 6.45) is 0. The molecule has 0 fully saturated rings. The van der Waals surface area contributed by atoms with Gasteiger partial charge in [0.2, 0.25) is 0 Å². The van der Waals surface area contributed by atoms with Crippen molar-refractivity contribution in [2.75, 3.05) is 26.2 Å². The molecule has 0 saturated heterocycles. The second-order valence-corrected chi connectivity index (χ2v) is 1.33. The van der Waals surface area contributed by atoms with Gasteiger partial charge < -0.3 is 22.3 Å². The fourth-order valence-electron chi connectivity index (χ4n) is 0.329. The summed E-state index contributed by atoms with van der Waals surface area (Å²) in [7, 11) is 0. The van der Waals surface area contributed by atoms with Crippen molar-refractivity contribution >= 4 is 0 Å². The lowest BCUT2D eigenvalue weighted by atomic mass is 10.6. The monoisotopic (exact) mass is 121 g/mol. The van der Waals surface area contributed by atoms with E-state index in [0.29, 0.717) is 13.1 Å². The maximum atomic E-state index is 5.17. The van der Waals surface area contributed by atoms with Crippen LogP contribution in [0.25, 0.3) is 0 Å². The molecule has 0 bridgehead atoms. The van der Waals surface area contributed by atoms with Crippen LogP contribution in [0.15, 0.2) is 0 Å². The predicted octanol–water partition coefficient (Wildman–Crippen LogP) is -2.33. The minimum Gasteiger partial charge on any atom is -0.412 e. The maximum Gasteiger partial charge on any atom is 0.00750 e. The number of hydrogen-bond acceptors (Lipinski definition) is 3. The van der Waals surface area contributed by atoms with E-state index in [1.54, 1.807) is 0 Å². The second kappa shape index (κ2) is 9.96. The smallest absolute Gasteiger partial charge is 0.00750 e. The third-order valence-corrected chi connectivity index (χ3v) is 0.642. The van der Waals surface area contributed by atoms with Crippen LogP contribution in [0, 0.1) is 0 Å². The van der Waals surface area contributed by atoms with Crippen molar-refractivity contribution < 1.29 is 5.48 Å². The number of nitrogens with two attached hydrogens (primary N) is 2. The molecule has 0 amide bonds. The zero-order valence-corrected chi connectivity index (χ0v) is 4.98. The molecule has 0 rings (SSSR count). The molecule has 0 aliphatic carbocycles. The summed E-state index contributed by atoms with van der Waals surface area (Å²) >= 11 is 0. The van der Waals surface area contributed by atoms with Gasteiger partial charge >= 0.3 is 0 Å². The van der Waals surface area contributed by atoms with Crippen LogP contribution < -0.4 is 16.8 Å². The lowest BCUT2D eigenvalue weighted by Gasteiger charge is -1.95. The van der Waals surface area contributed by atoms with E-state index >= 15 is 0 Å². The van der Waals surface area contributed by atoms with Crippen LogP contribution in [0.3, 0.4) is 0 Å². The normalized spacial score (nSPS) is 8.25. The summed E-state index contributed by atoms with van der Waals surface area (Å²) in [5.41, 5.74) is 10.3. The minimum absolute atomic E-state index is 0. The Labute approximate surface area is 49.5 Å². The molecule has 0 aromatic heterocycles. The van der Waals surface area contributed by atoms with E-state index in [0.717, 1.165) is 13.1 Å². The molecule has 8 heavy (non-hydrogen) atoms. The van der Waals surface area contributed by atoms with Crippen LogP contribution in [-0.2, 0) is 0 Å². The maximum absolute atomic E-state index is 5.17. The van der Waals surface area contributed by atoms with E-state index in [1.807, 2.05) is 0 Å². The van der Waals surface area contributed by atoms with E-state index in [-0.39, 0.29) is 5.48 Å². The molecule has 0 saturated carbocycles. The Morgan fingerprint density at radius 2 is 1.38 bits per heavy atom. The number of hydrogen-bond donors (Lipinski definition) is 3. The molecule has 0 aromatic rings. The Morgan fingerprint density at radius 1 is 1.00 bits per heavy atom. The van der Waals surface area contributed by atoms with E-state index in [9.17, 15) is 0 Å². The summed E-state index contributed by atoms with van der Waals surface area (Å²) in [6.45, 7) is 3.13. The predicted molar refractivity (Wildman–Crippen MR) is 34.6 cm³/mol. The molecule has 0 aliphatic heterocycles. The van der Waals surface area contributed by atoms with Gasteiger partial charge in [0.1, 0.15) is 0 Å². The molecule has 4 nitrogen and oxygen atoms in total. The topological polar surface area (TPSA) is 95.6 Å². The largest absolute Gasteiger partial charge is 0.412 e. The van der Waals surface area contributed by atoms with Gasteiger partial charge in [0.05, 0.1) is 0 Å². The Morgan fingerprint density at radius 3 is 1.62 bits per heavy atom. The van der Waals surface area contributed by atoms with Crippen LogP contribution in [0.4, 0.5) is 0 Å². The lowest BCUT2D eigenvalue weighted by Crippen LogP contribution is -2.27. The third kappa shape index (κ3) is 9.28. The van der Waals surface area contributed by atoms with Gasteiger partial charge in [0, 0.05) is 26.2 Å².